The number of benzene rings is 1. The molecule has 1 aromatic carbocycles. The van der Waals surface area contributed by atoms with E-state index in [2.05, 4.69) is 0 Å². The number of hydrogen-bond donors (Lipinski definition) is 0. The van der Waals surface area contributed by atoms with Crippen molar-refractivity contribution >= 4 is 17.2 Å². The molecule has 24 heavy (non-hydrogen) atoms. The Bertz CT molecular complexity index is 810. The van der Waals surface area contributed by atoms with Crippen LogP contribution in [0.4, 0.5) is 9.18 Å². The Kier molecular flexibility index (Phi) is 4.11. The van der Waals surface area contributed by atoms with Crippen molar-refractivity contribution in [3.8, 4) is 0 Å². The maximum atomic E-state index is 13.3. The highest BCUT2D eigenvalue weighted by Crippen LogP contribution is 2.26. The Morgan fingerprint density at radius 3 is 2.58 bits per heavy atom. The largest absolute Gasteiger partial charge is 0.444 e. The van der Waals surface area contributed by atoms with E-state index >= 15 is 0 Å². The van der Waals surface area contributed by atoms with E-state index < -0.39 is 17.2 Å². The molecule has 7 heteroatoms. The van der Waals surface area contributed by atoms with Crippen LogP contribution in [0.25, 0.3) is 11.1 Å². The van der Waals surface area contributed by atoms with Gasteiger partial charge in [-0.2, -0.15) is 0 Å². The second kappa shape index (κ2) is 5.96. The van der Waals surface area contributed by atoms with Gasteiger partial charge in [-0.05, 0) is 45.7 Å². The summed E-state index contributed by atoms with van der Waals surface area (Å²) in [5, 5.41) is 0. The number of amides is 1. The SMILES string of the molecule is CC(C)(C)OC(=O)N1CCC(n2c(=O)oc3cc(F)ccc32)CC1. The number of nitrogens with zero attached hydrogens (tertiary/aromatic N) is 2. The highest BCUT2D eigenvalue weighted by molar-refractivity contribution is 5.73. The quantitative estimate of drug-likeness (QED) is 0.801. The monoisotopic (exact) mass is 336 g/mol. The fraction of sp³-hybridized carbons (Fsp3) is 0.529. The van der Waals surface area contributed by atoms with Gasteiger partial charge in [-0.15, -0.1) is 0 Å². The number of aromatic nitrogens is 1. The van der Waals surface area contributed by atoms with E-state index in [0.717, 1.165) is 0 Å². The molecule has 3 rings (SSSR count). The number of rotatable bonds is 1. The lowest BCUT2D eigenvalue weighted by molar-refractivity contribution is 0.0188. The molecule has 0 bridgehead atoms. The van der Waals surface area contributed by atoms with Crippen molar-refractivity contribution in [2.24, 2.45) is 0 Å². The maximum absolute atomic E-state index is 13.3. The molecule has 2 heterocycles. The molecule has 6 nitrogen and oxygen atoms in total. The zero-order valence-electron chi connectivity index (χ0n) is 14.0. The molecule has 1 aliphatic heterocycles. The van der Waals surface area contributed by atoms with E-state index in [1.54, 1.807) is 15.5 Å². The normalized spacial score (nSPS) is 16.6. The maximum Gasteiger partial charge on any atom is 0.420 e. The van der Waals surface area contributed by atoms with Gasteiger partial charge in [-0.1, -0.05) is 0 Å². The van der Waals surface area contributed by atoms with Gasteiger partial charge in [-0.3, -0.25) is 4.57 Å². The molecule has 1 aromatic heterocycles. The van der Waals surface area contributed by atoms with Gasteiger partial charge in [0, 0.05) is 25.2 Å². The van der Waals surface area contributed by atoms with Crippen molar-refractivity contribution in [2.75, 3.05) is 13.1 Å². The van der Waals surface area contributed by atoms with Crippen LogP contribution in [0.3, 0.4) is 0 Å². The molecule has 0 unspecified atom stereocenters. The summed E-state index contributed by atoms with van der Waals surface area (Å²) >= 11 is 0. The molecule has 1 fully saturated rings. The molecule has 0 radical (unpaired) electrons. The summed E-state index contributed by atoms with van der Waals surface area (Å²) in [7, 11) is 0. The number of fused-ring (bicyclic) bond motifs is 1. The first-order valence-corrected chi connectivity index (χ1v) is 8.03. The number of carbonyl (C=O) groups excluding carboxylic acids is 1. The number of piperidine rings is 1. The Hall–Kier alpha value is -2.31. The average Bonchev–Trinajstić information content (AvgIpc) is 2.80. The summed E-state index contributed by atoms with van der Waals surface area (Å²) in [6.45, 7) is 6.48. The van der Waals surface area contributed by atoms with Crippen molar-refractivity contribution in [3.05, 3.63) is 34.6 Å². The number of carbonyl (C=O) groups is 1. The molecule has 1 amide bonds. The zero-order valence-corrected chi connectivity index (χ0v) is 14.0. The second-order valence-corrected chi connectivity index (χ2v) is 7.05. The predicted octanol–water partition coefficient (Wildman–Crippen LogP) is 3.31. The van der Waals surface area contributed by atoms with E-state index in [4.69, 9.17) is 9.15 Å². The Morgan fingerprint density at radius 1 is 1.29 bits per heavy atom. The Morgan fingerprint density at radius 2 is 1.96 bits per heavy atom. The summed E-state index contributed by atoms with van der Waals surface area (Å²) in [4.78, 5) is 25.9. The first kappa shape index (κ1) is 16.5. The van der Waals surface area contributed by atoms with E-state index in [1.165, 1.54) is 12.1 Å². The van der Waals surface area contributed by atoms with Crippen LogP contribution in [-0.2, 0) is 4.74 Å². The van der Waals surface area contributed by atoms with Gasteiger partial charge in [0.05, 0.1) is 5.52 Å². The number of hydrogen-bond acceptors (Lipinski definition) is 4. The van der Waals surface area contributed by atoms with E-state index in [0.29, 0.717) is 31.4 Å². The van der Waals surface area contributed by atoms with Crippen LogP contribution in [-0.4, -0.2) is 34.3 Å². The Balaban J connectivity index is 1.75. The van der Waals surface area contributed by atoms with Crippen molar-refractivity contribution in [3.63, 3.8) is 0 Å². The van der Waals surface area contributed by atoms with E-state index in [1.807, 2.05) is 20.8 Å². The van der Waals surface area contributed by atoms with Gasteiger partial charge in [0.25, 0.3) is 0 Å². The molecule has 0 N–H and O–H groups in total. The van der Waals surface area contributed by atoms with Crippen molar-refractivity contribution in [1.29, 1.82) is 0 Å². The van der Waals surface area contributed by atoms with Gasteiger partial charge in [0.1, 0.15) is 11.4 Å². The van der Waals surface area contributed by atoms with Crippen LogP contribution in [0.5, 0.6) is 0 Å². The van der Waals surface area contributed by atoms with Crippen LogP contribution in [0, 0.1) is 5.82 Å². The number of oxazole rings is 1. The third-order valence-electron chi connectivity index (χ3n) is 4.06. The molecule has 1 aliphatic rings. The van der Waals surface area contributed by atoms with Crippen LogP contribution >= 0.6 is 0 Å². The minimum absolute atomic E-state index is 0.0807. The highest BCUT2D eigenvalue weighted by atomic mass is 19.1. The van der Waals surface area contributed by atoms with Gasteiger partial charge in [0.15, 0.2) is 5.58 Å². The number of halogens is 1. The molecule has 0 saturated carbocycles. The summed E-state index contributed by atoms with van der Waals surface area (Å²) in [5.74, 6) is -0.936. The predicted molar refractivity (Wildman–Crippen MR) is 86.5 cm³/mol. The molecule has 0 atom stereocenters. The highest BCUT2D eigenvalue weighted by Gasteiger charge is 2.29. The summed E-state index contributed by atoms with van der Waals surface area (Å²) in [5.41, 5.74) is 0.294. The molecule has 1 saturated heterocycles. The number of likely N-dealkylation sites (tertiary alicyclic amines) is 1. The van der Waals surface area contributed by atoms with Crippen molar-refractivity contribution in [1.82, 2.24) is 9.47 Å². The lowest BCUT2D eigenvalue weighted by atomic mass is 10.0. The fourth-order valence-corrected chi connectivity index (χ4v) is 2.99. The average molecular weight is 336 g/mol. The first-order chi connectivity index (χ1) is 11.2. The van der Waals surface area contributed by atoms with Gasteiger partial charge >= 0.3 is 11.8 Å². The van der Waals surface area contributed by atoms with E-state index in [-0.39, 0.29) is 17.7 Å². The summed E-state index contributed by atoms with van der Waals surface area (Å²) in [6.07, 6.45) is 0.892. The summed E-state index contributed by atoms with van der Waals surface area (Å²) in [6, 6.07) is 3.99. The van der Waals surface area contributed by atoms with Crippen LogP contribution < -0.4 is 5.76 Å². The standard InChI is InChI=1S/C17H21FN2O4/c1-17(2,3)24-15(21)19-8-6-12(7-9-19)20-13-5-4-11(18)10-14(13)23-16(20)22/h4-5,10,12H,6-9H2,1-3H3. The molecular weight excluding hydrogens is 315 g/mol. The second-order valence-electron chi connectivity index (χ2n) is 7.05. The van der Waals surface area contributed by atoms with Crippen molar-refractivity contribution < 1.29 is 18.3 Å². The Labute approximate surface area is 138 Å². The topological polar surface area (TPSA) is 64.7 Å². The van der Waals surface area contributed by atoms with E-state index in [9.17, 15) is 14.0 Å². The first-order valence-electron chi connectivity index (χ1n) is 8.03. The molecular formula is C17H21FN2O4. The van der Waals surface area contributed by atoms with Crippen LogP contribution in [0.2, 0.25) is 0 Å². The number of ether oxygens (including phenoxy) is 1. The van der Waals surface area contributed by atoms with Crippen LogP contribution in [0.1, 0.15) is 39.7 Å². The van der Waals surface area contributed by atoms with Gasteiger partial charge < -0.3 is 14.1 Å². The third kappa shape index (κ3) is 3.29. The minimum atomic E-state index is -0.532. The fourth-order valence-electron chi connectivity index (χ4n) is 2.99. The molecule has 130 valence electrons. The van der Waals surface area contributed by atoms with Gasteiger partial charge in [-0.25, -0.2) is 14.0 Å². The van der Waals surface area contributed by atoms with Crippen molar-refractivity contribution in [2.45, 2.75) is 45.3 Å². The molecule has 2 aromatic rings. The molecule has 0 aliphatic carbocycles. The third-order valence-corrected chi connectivity index (χ3v) is 4.06. The smallest absolute Gasteiger partial charge is 0.420 e. The summed E-state index contributed by atoms with van der Waals surface area (Å²) < 4.78 is 25.3. The lowest BCUT2D eigenvalue weighted by Gasteiger charge is -2.33. The van der Waals surface area contributed by atoms with Gasteiger partial charge in [0.2, 0.25) is 0 Å². The lowest BCUT2D eigenvalue weighted by Crippen LogP contribution is -2.42. The molecule has 0 spiro atoms. The zero-order chi connectivity index (χ0) is 17.5. The minimum Gasteiger partial charge on any atom is -0.444 e. The van der Waals surface area contributed by atoms with Crippen LogP contribution in [0.15, 0.2) is 27.4 Å².